The summed E-state index contributed by atoms with van der Waals surface area (Å²) in [5, 5.41) is 0. The van der Waals surface area contributed by atoms with Crippen LogP contribution in [0.3, 0.4) is 0 Å². The molecule has 0 aliphatic carbocycles. The van der Waals surface area contributed by atoms with Crippen LogP contribution in [0.15, 0.2) is 12.2 Å². The maximum atomic E-state index is 6.08. The van der Waals surface area contributed by atoms with Gasteiger partial charge in [-0.2, -0.15) is 0 Å². The maximum Gasteiger partial charge on any atom is 0.184 e. The molecule has 0 rings (SSSR count). The minimum Gasteiger partial charge on any atom is -0.411 e. The summed E-state index contributed by atoms with van der Waals surface area (Å²) >= 11 is 0. The van der Waals surface area contributed by atoms with Gasteiger partial charge in [0.2, 0.25) is 0 Å². The number of allylic oxidation sites excluding steroid dienone is 1. The van der Waals surface area contributed by atoms with Gasteiger partial charge in [0.15, 0.2) is 8.32 Å². The fourth-order valence-corrected chi connectivity index (χ4v) is 2.56. The zero-order valence-electron chi connectivity index (χ0n) is 10.5. The quantitative estimate of drug-likeness (QED) is 0.347. The number of rotatable bonds is 7. The van der Waals surface area contributed by atoms with Crippen LogP contribution in [0.5, 0.6) is 0 Å². The Balaban J connectivity index is 3.90. The molecule has 0 heterocycles. The van der Waals surface area contributed by atoms with Crippen LogP contribution in [0.4, 0.5) is 0 Å². The SMILES string of the molecule is CC=CC(CCCCC)O[Si](C)(C)C. The Hall–Kier alpha value is -0.0831. The average Bonchev–Trinajstić information content (AvgIpc) is 2.02. The first-order valence-electron chi connectivity index (χ1n) is 5.80. The van der Waals surface area contributed by atoms with Crippen LogP contribution in [0, 0.1) is 0 Å². The van der Waals surface area contributed by atoms with E-state index in [9.17, 15) is 0 Å². The predicted molar refractivity (Wildman–Crippen MR) is 67.2 cm³/mol. The lowest BCUT2D eigenvalue weighted by molar-refractivity contribution is 0.226. The minimum atomic E-state index is -1.37. The molecular weight excluding hydrogens is 188 g/mol. The van der Waals surface area contributed by atoms with Crippen LogP contribution in [-0.2, 0) is 4.43 Å². The summed E-state index contributed by atoms with van der Waals surface area (Å²) in [6.07, 6.45) is 9.75. The smallest absolute Gasteiger partial charge is 0.184 e. The van der Waals surface area contributed by atoms with E-state index in [0.29, 0.717) is 6.10 Å². The van der Waals surface area contributed by atoms with Crippen molar-refractivity contribution in [1.29, 1.82) is 0 Å². The van der Waals surface area contributed by atoms with Gasteiger partial charge >= 0.3 is 0 Å². The minimum absolute atomic E-state index is 0.359. The third-order valence-electron chi connectivity index (χ3n) is 2.00. The molecule has 14 heavy (non-hydrogen) atoms. The molecule has 0 aromatic heterocycles. The van der Waals surface area contributed by atoms with Crippen LogP contribution >= 0.6 is 0 Å². The predicted octanol–water partition coefficient (Wildman–Crippen LogP) is 4.36. The molecule has 0 radical (unpaired) electrons. The highest BCUT2D eigenvalue weighted by Crippen LogP contribution is 2.14. The summed E-state index contributed by atoms with van der Waals surface area (Å²) in [7, 11) is -1.37. The molecule has 84 valence electrons. The number of unbranched alkanes of at least 4 members (excludes halogenated alkanes) is 2. The second kappa shape index (κ2) is 7.24. The van der Waals surface area contributed by atoms with E-state index in [0.717, 1.165) is 0 Å². The molecular formula is C12H26OSi. The lowest BCUT2D eigenvalue weighted by Crippen LogP contribution is -2.31. The summed E-state index contributed by atoms with van der Waals surface area (Å²) in [6.45, 7) is 11.1. The number of hydrogen-bond acceptors (Lipinski definition) is 1. The largest absolute Gasteiger partial charge is 0.411 e. The van der Waals surface area contributed by atoms with E-state index < -0.39 is 8.32 Å². The zero-order chi connectivity index (χ0) is 11.0. The van der Waals surface area contributed by atoms with Crippen LogP contribution in [0.1, 0.15) is 39.5 Å². The third kappa shape index (κ3) is 8.51. The van der Waals surface area contributed by atoms with Crippen LogP contribution in [0.2, 0.25) is 19.6 Å². The molecule has 0 spiro atoms. The summed E-state index contributed by atoms with van der Waals surface area (Å²) < 4.78 is 6.08. The molecule has 0 fully saturated rings. The Morgan fingerprint density at radius 1 is 1.21 bits per heavy atom. The van der Waals surface area contributed by atoms with E-state index in [2.05, 4.69) is 45.6 Å². The molecule has 0 bridgehead atoms. The van der Waals surface area contributed by atoms with Crippen molar-refractivity contribution in [3.63, 3.8) is 0 Å². The Labute approximate surface area is 90.7 Å². The van der Waals surface area contributed by atoms with Gasteiger partial charge in [0.25, 0.3) is 0 Å². The molecule has 0 aliphatic rings. The highest BCUT2D eigenvalue weighted by atomic mass is 28.4. The fraction of sp³-hybridized carbons (Fsp3) is 0.833. The van der Waals surface area contributed by atoms with Crippen molar-refractivity contribution in [1.82, 2.24) is 0 Å². The van der Waals surface area contributed by atoms with Gasteiger partial charge in [-0.15, -0.1) is 0 Å². The van der Waals surface area contributed by atoms with Crippen molar-refractivity contribution in [2.75, 3.05) is 0 Å². The highest BCUT2D eigenvalue weighted by Gasteiger charge is 2.18. The van der Waals surface area contributed by atoms with Gasteiger partial charge in [0.1, 0.15) is 0 Å². The van der Waals surface area contributed by atoms with Gasteiger partial charge in [0.05, 0.1) is 6.10 Å². The first-order valence-corrected chi connectivity index (χ1v) is 9.21. The van der Waals surface area contributed by atoms with E-state index >= 15 is 0 Å². The molecule has 0 saturated carbocycles. The molecule has 1 atom stereocenters. The number of hydrogen-bond donors (Lipinski definition) is 0. The van der Waals surface area contributed by atoms with Gasteiger partial charge in [0, 0.05) is 0 Å². The van der Waals surface area contributed by atoms with Gasteiger partial charge in [-0.25, -0.2) is 0 Å². The standard InChI is InChI=1S/C12H26OSi/c1-6-8-9-11-12(10-7-2)13-14(3,4)5/h7,10,12H,6,8-9,11H2,1-5H3. The van der Waals surface area contributed by atoms with Gasteiger partial charge in [-0.3, -0.25) is 0 Å². The fourth-order valence-electron chi connectivity index (χ4n) is 1.46. The first kappa shape index (κ1) is 13.9. The Bertz CT molecular complexity index is 158. The van der Waals surface area contributed by atoms with Gasteiger partial charge < -0.3 is 4.43 Å². The van der Waals surface area contributed by atoms with Crippen LogP contribution in [-0.4, -0.2) is 14.4 Å². The summed E-state index contributed by atoms with van der Waals surface area (Å²) in [4.78, 5) is 0. The highest BCUT2D eigenvalue weighted by molar-refractivity contribution is 6.69. The van der Waals surface area contributed by atoms with E-state index in [1.54, 1.807) is 0 Å². The molecule has 2 heteroatoms. The zero-order valence-corrected chi connectivity index (χ0v) is 11.5. The monoisotopic (exact) mass is 214 g/mol. The van der Waals surface area contributed by atoms with Crippen molar-refractivity contribution < 1.29 is 4.43 Å². The summed E-state index contributed by atoms with van der Waals surface area (Å²) in [5.74, 6) is 0. The molecule has 1 unspecified atom stereocenters. The van der Waals surface area contributed by atoms with Gasteiger partial charge in [-0.1, -0.05) is 38.3 Å². The third-order valence-corrected chi connectivity index (χ3v) is 3.01. The lowest BCUT2D eigenvalue weighted by atomic mass is 10.1. The van der Waals surface area contributed by atoms with Gasteiger partial charge in [-0.05, 0) is 33.0 Å². The summed E-state index contributed by atoms with van der Waals surface area (Å²) in [5.41, 5.74) is 0. The van der Waals surface area contributed by atoms with Crippen molar-refractivity contribution in [2.24, 2.45) is 0 Å². The van der Waals surface area contributed by atoms with E-state index in [1.807, 2.05) is 0 Å². The second-order valence-electron chi connectivity index (χ2n) is 4.79. The van der Waals surface area contributed by atoms with Crippen molar-refractivity contribution in [2.45, 2.75) is 65.3 Å². The molecule has 0 aromatic rings. The molecule has 0 amide bonds. The lowest BCUT2D eigenvalue weighted by Gasteiger charge is -2.24. The normalized spacial score (nSPS) is 14.9. The Kier molecular flexibility index (Phi) is 7.20. The van der Waals surface area contributed by atoms with E-state index in [-0.39, 0.29) is 0 Å². The second-order valence-corrected chi connectivity index (χ2v) is 9.25. The molecule has 0 saturated heterocycles. The van der Waals surface area contributed by atoms with Crippen molar-refractivity contribution >= 4 is 8.32 Å². The molecule has 0 aromatic carbocycles. The average molecular weight is 214 g/mol. The van der Waals surface area contributed by atoms with Crippen LogP contribution in [0.25, 0.3) is 0 Å². The van der Waals surface area contributed by atoms with Crippen molar-refractivity contribution in [3.8, 4) is 0 Å². The first-order chi connectivity index (χ1) is 6.49. The molecule has 0 aliphatic heterocycles. The molecule has 1 nitrogen and oxygen atoms in total. The van der Waals surface area contributed by atoms with E-state index in [1.165, 1.54) is 25.7 Å². The molecule has 0 N–H and O–H groups in total. The Morgan fingerprint density at radius 2 is 1.86 bits per heavy atom. The van der Waals surface area contributed by atoms with Crippen molar-refractivity contribution in [3.05, 3.63) is 12.2 Å². The van der Waals surface area contributed by atoms with Crippen LogP contribution < -0.4 is 0 Å². The Morgan fingerprint density at radius 3 is 2.29 bits per heavy atom. The maximum absolute atomic E-state index is 6.08. The summed E-state index contributed by atoms with van der Waals surface area (Å²) in [6, 6.07) is 0. The topological polar surface area (TPSA) is 9.23 Å². The van der Waals surface area contributed by atoms with E-state index in [4.69, 9.17) is 4.43 Å².